The molecular formula is C14H20N4O2S. The summed E-state index contributed by atoms with van der Waals surface area (Å²) in [6, 6.07) is -0.0207. The van der Waals surface area contributed by atoms with Crippen LogP contribution < -0.4 is 0 Å². The van der Waals surface area contributed by atoms with Crippen LogP contribution in [-0.2, 0) is 6.54 Å². The highest BCUT2D eigenvalue weighted by Crippen LogP contribution is 2.33. The van der Waals surface area contributed by atoms with Gasteiger partial charge in [-0.1, -0.05) is 19.0 Å². The van der Waals surface area contributed by atoms with Gasteiger partial charge in [0.25, 0.3) is 0 Å². The topological polar surface area (TPSA) is 75.3 Å². The number of thiazole rings is 1. The molecule has 1 saturated heterocycles. The van der Waals surface area contributed by atoms with Gasteiger partial charge in [0.05, 0.1) is 18.7 Å². The van der Waals surface area contributed by atoms with Crippen molar-refractivity contribution in [1.29, 1.82) is 0 Å². The summed E-state index contributed by atoms with van der Waals surface area (Å²) in [5, 5.41) is 14.9. The summed E-state index contributed by atoms with van der Waals surface area (Å²) in [5.74, 6) is 1.71. The van der Waals surface area contributed by atoms with E-state index < -0.39 is 0 Å². The second kappa shape index (κ2) is 5.82. The molecule has 0 radical (unpaired) electrons. The first-order valence-electron chi connectivity index (χ1n) is 7.20. The SMILES string of the molecule is Cc1noc([C@H]2C[C@@H](O)CN2Cc2ncc(C(C)C)s2)n1. The Hall–Kier alpha value is -1.31. The van der Waals surface area contributed by atoms with Crippen LogP contribution in [0.3, 0.4) is 0 Å². The Morgan fingerprint density at radius 3 is 2.95 bits per heavy atom. The molecule has 1 aliphatic heterocycles. The van der Waals surface area contributed by atoms with Crippen LogP contribution in [0.2, 0.25) is 0 Å². The first-order chi connectivity index (χ1) is 10.0. The molecule has 2 aromatic rings. The zero-order valence-electron chi connectivity index (χ0n) is 12.5. The quantitative estimate of drug-likeness (QED) is 0.934. The molecule has 1 aliphatic rings. The van der Waals surface area contributed by atoms with E-state index in [1.54, 1.807) is 18.3 Å². The molecule has 114 valence electrons. The third kappa shape index (κ3) is 3.14. The van der Waals surface area contributed by atoms with Crippen molar-refractivity contribution in [3.8, 4) is 0 Å². The van der Waals surface area contributed by atoms with E-state index in [2.05, 4.69) is 33.9 Å². The summed E-state index contributed by atoms with van der Waals surface area (Å²) in [6.07, 6.45) is 2.22. The van der Waals surface area contributed by atoms with Crippen molar-refractivity contribution in [3.05, 3.63) is 27.8 Å². The lowest BCUT2D eigenvalue weighted by Crippen LogP contribution is -2.24. The summed E-state index contributed by atoms with van der Waals surface area (Å²) >= 11 is 1.73. The van der Waals surface area contributed by atoms with Gasteiger partial charge in [-0.3, -0.25) is 4.90 Å². The molecule has 3 rings (SSSR count). The van der Waals surface area contributed by atoms with Crippen LogP contribution in [0.15, 0.2) is 10.7 Å². The number of likely N-dealkylation sites (tertiary alicyclic amines) is 1. The van der Waals surface area contributed by atoms with Gasteiger partial charge in [0.2, 0.25) is 5.89 Å². The highest BCUT2D eigenvalue weighted by molar-refractivity contribution is 7.11. The number of aryl methyl sites for hydroxylation is 1. The van der Waals surface area contributed by atoms with Crippen molar-refractivity contribution in [1.82, 2.24) is 20.0 Å². The summed E-state index contributed by atoms with van der Waals surface area (Å²) < 4.78 is 5.28. The number of hydrogen-bond donors (Lipinski definition) is 1. The highest BCUT2D eigenvalue weighted by Gasteiger charge is 2.36. The van der Waals surface area contributed by atoms with E-state index in [9.17, 15) is 5.11 Å². The fourth-order valence-corrected chi connectivity index (χ4v) is 3.55. The molecule has 7 heteroatoms. The zero-order chi connectivity index (χ0) is 15.0. The Morgan fingerprint density at radius 2 is 2.33 bits per heavy atom. The number of aromatic nitrogens is 3. The molecular weight excluding hydrogens is 288 g/mol. The van der Waals surface area contributed by atoms with Gasteiger partial charge in [-0.05, 0) is 19.3 Å². The van der Waals surface area contributed by atoms with Gasteiger partial charge in [0.1, 0.15) is 5.01 Å². The average molecular weight is 308 g/mol. The largest absolute Gasteiger partial charge is 0.392 e. The first kappa shape index (κ1) is 14.6. The second-order valence-corrected chi connectivity index (χ2v) is 6.97. The molecule has 0 bridgehead atoms. The number of nitrogens with zero attached hydrogens (tertiary/aromatic N) is 4. The lowest BCUT2D eigenvalue weighted by Gasteiger charge is -2.19. The summed E-state index contributed by atoms with van der Waals surface area (Å²) in [7, 11) is 0. The second-order valence-electron chi connectivity index (χ2n) is 5.83. The maximum Gasteiger partial charge on any atom is 0.244 e. The van der Waals surface area contributed by atoms with E-state index >= 15 is 0 Å². The van der Waals surface area contributed by atoms with E-state index in [-0.39, 0.29) is 12.1 Å². The minimum atomic E-state index is -0.355. The fraction of sp³-hybridized carbons (Fsp3) is 0.643. The van der Waals surface area contributed by atoms with Crippen molar-refractivity contribution in [2.45, 2.75) is 51.8 Å². The fourth-order valence-electron chi connectivity index (χ4n) is 2.60. The lowest BCUT2D eigenvalue weighted by atomic mass is 10.2. The molecule has 0 spiro atoms. The summed E-state index contributed by atoms with van der Waals surface area (Å²) in [5.41, 5.74) is 0. The van der Waals surface area contributed by atoms with Crippen molar-refractivity contribution in [3.63, 3.8) is 0 Å². The van der Waals surface area contributed by atoms with Gasteiger partial charge in [-0.2, -0.15) is 4.98 Å². The molecule has 1 N–H and O–H groups in total. The predicted molar refractivity (Wildman–Crippen MR) is 79.0 cm³/mol. The van der Waals surface area contributed by atoms with Crippen molar-refractivity contribution < 1.29 is 9.63 Å². The predicted octanol–water partition coefficient (Wildman–Crippen LogP) is 2.27. The van der Waals surface area contributed by atoms with E-state index in [0.717, 1.165) is 5.01 Å². The van der Waals surface area contributed by atoms with Gasteiger partial charge < -0.3 is 9.63 Å². The van der Waals surface area contributed by atoms with Crippen LogP contribution in [0.5, 0.6) is 0 Å². The molecule has 0 unspecified atom stereocenters. The van der Waals surface area contributed by atoms with Crippen LogP contribution >= 0.6 is 11.3 Å². The summed E-state index contributed by atoms with van der Waals surface area (Å²) in [4.78, 5) is 12.2. The van der Waals surface area contributed by atoms with Crippen molar-refractivity contribution >= 4 is 11.3 Å². The zero-order valence-corrected chi connectivity index (χ0v) is 13.3. The number of aliphatic hydroxyl groups is 1. The van der Waals surface area contributed by atoms with E-state index in [1.807, 2.05) is 6.20 Å². The van der Waals surface area contributed by atoms with Crippen LogP contribution in [0.25, 0.3) is 0 Å². The Morgan fingerprint density at radius 1 is 1.52 bits per heavy atom. The molecule has 0 aliphatic carbocycles. The van der Waals surface area contributed by atoms with Crippen LogP contribution in [0.1, 0.15) is 53.8 Å². The van der Waals surface area contributed by atoms with Crippen LogP contribution in [0, 0.1) is 6.92 Å². The standard InChI is InChI=1S/C14H20N4O2S/c1-8(2)12-5-15-13(21-12)7-18-6-10(19)4-11(18)14-16-9(3)17-20-14/h5,8,10-11,19H,4,6-7H2,1-3H3/t10-,11-/m1/s1. The van der Waals surface area contributed by atoms with Gasteiger partial charge in [-0.15, -0.1) is 11.3 Å². The van der Waals surface area contributed by atoms with Gasteiger partial charge in [0, 0.05) is 17.6 Å². The monoisotopic (exact) mass is 308 g/mol. The normalized spacial score (nSPS) is 23.3. The van der Waals surface area contributed by atoms with Gasteiger partial charge in [0.15, 0.2) is 5.82 Å². The highest BCUT2D eigenvalue weighted by atomic mass is 32.1. The Bertz CT molecular complexity index is 610. The maximum absolute atomic E-state index is 9.96. The van der Waals surface area contributed by atoms with Crippen LogP contribution in [-0.4, -0.2) is 37.8 Å². The third-order valence-electron chi connectivity index (χ3n) is 3.69. The smallest absolute Gasteiger partial charge is 0.244 e. The van der Waals surface area contributed by atoms with E-state index in [0.29, 0.717) is 37.1 Å². The molecule has 2 atom stereocenters. The lowest BCUT2D eigenvalue weighted by molar-refractivity contribution is 0.169. The first-order valence-corrected chi connectivity index (χ1v) is 8.01. The molecule has 3 heterocycles. The van der Waals surface area contributed by atoms with E-state index in [4.69, 9.17) is 4.52 Å². The minimum absolute atomic E-state index is 0.0207. The minimum Gasteiger partial charge on any atom is -0.392 e. The van der Waals surface area contributed by atoms with Gasteiger partial charge in [-0.25, -0.2) is 4.98 Å². The van der Waals surface area contributed by atoms with Crippen molar-refractivity contribution in [2.75, 3.05) is 6.54 Å². The molecule has 0 aromatic carbocycles. The number of aliphatic hydroxyl groups excluding tert-OH is 1. The van der Waals surface area contributed by atoms with E-state index in [1.165, 1.54) is 4.88 Å². The summed E-state index contributed by atoms with van der Waals surface area (Å²) in [6.45, 7) is 7.46. The van der Waals surface area contributed by atoms with Crippen LogP contribution in [0.4, 0.5) is 0 Å². The molecule has 0 saturated carbocycles. The Labute approximate surface area is 127 Å². The number of rotatable bonds is 4. The maximum atomic E-state index is 9.96. The van der Waals surface area contributed by atoms with Crippen molar-refractivity contribution in [2.24, 2.45) is 0 Å². The Kier molecular flexibility index (Phi) is 4.05. The molecule has 2 aromatic heterocycles. The molecule has 21 heavy (non-hydrogen) atoms. The van der Waals surface area contributed by atoms with Gasteiger partial charge >= 0.3 is 0 Å². The molecule has 0 amide bonds. The average Bonchev–Trinajstić information content (AvgIpc) is 3.10. The third-order valence-corrected chi connectivity index (χ3v) is 4.97. The Balaban J connectivity index is 1.75. The molecule has 6 nitrogen and oxygen atoms in total. The number of β-amino-alcohol motifs (C(OH)–C–C–N with tert-alkyl or cyclic N) is 1. The number of hydrogen-bond acceptors (Lipinski definition) is 7. The molecule has 1 fully saturated rings.